The molecule has 0 bridgehead atoms. The van der Waals surface area contributed by atoms with Gasteiger partial charge in [0.15, 0.2) is 0 Å². The Kier molecular flexibility index (Phi) is 6.62. The van der Waals surface area contributed by atoms with Crippen LogP contribution < -0.4 is 14.5 Å². The first-order valence-corrected chi connectivity index (χ1v) is 8.61. The van der Waals surface area contributed by atoms with E-state index in [0.29, 0.717) is 0 Å². The van der Waals surface area contributed by atoms with Crippen molar-refractivity contribution in [2.24, 2.45) is 0 Å². The van der Waals surface area contributed by atoms with Crippen LogP contribution >= 0.6 is 27.5 Å². The molecule has 0 aliphatic carbocycles. The van der Waals surface area contributed by atoms with Crippen LogP contribution in [0.15, 0.2) is 22.7 Å². The number of nitrogens with one attached hydrogen (secondary N) is 2. The van der Waals surface area contributed by atoms with Gasteiger partial charge in [0.25, 0.3) is 0 Å². The predicted molar refractivity (Wildman–Crippen MR) is 86.1 cm³/mol. The summed E-state index contributed by atoms with van der Waals surface area (Å²) in [4.78, 5) is 3.47. The van der Waals surface area contributed by atoms with Crippen molar-refractivity contribution in [1.82, 2.24) is 0 Å². The summed E-state index contributed by atoms with van der Waals surface area (Å²) in [7, 11) is 0. The van der Waals surface area contributed by atoms with Gasteiger partial charge in [-0.1, -0.05) is 11.6 Å². The van der Waals surface area contributed by atoms with Crippen molar-refractivity contribution in [3.8, 4) is 5.75 Å². The van der Waals surface area contributed by atoms with Crippen molar-refractivity contribution < 1.29 is 14.5 Å². The van der Waals surface area contributed by atoms with E-state index in [1.807, 2.05) is 18.2 Å². The molecule has 1 aromatic rings. The first-order valence-electron chi connectivity index (χ1n) is 7.44. The lowest BCUT2D eigenvalue weighted by molar-refractivity contribution is -1.01. The third kappa shape index (κ3) is 4.92. The lowest BCUT2D eigenvalue weighted by Crippen LogP contribution is -3.28. The quantitative estimate of drug-likeness (QED) is 0.711. The first-order chi connectivity index (χ1) is 9.69. The van der Waals surface area contributed by atoms with Gasteiger partial charge >= 0.3 is 0 Å². The molecule has 0 radical (unpaired) electrons. The minimum absolute atomic E-state index is 0.727. The van der Waals surface area contributed by atoms with Crippen molar-refractivity contribution in [1.29, 1.82) is 0 Å². The van der Waals surface area contributed by atoms with Crippen molar-refractivity contribution >= 4 is 27.5 Å². The lowest BCUT2D eigenvalue weighted by Gasteiger charge is -2.28. The topological polar surface area (TPSA) is 18.1 Å². The summed E-state index contributed by atoms with van der Waals surface area (Å²) >= 11 is 9.39. The molecule has 0 saturated carbocycles. The molecule has 1 aliphatic rings. The fraction of sp³-hybridized carbons (Fsp3) is 0.600. The Morgan fingerprint density at radius 3 is 2.55 bits per heavy atom. The van der Waals surface area contributed by atoms with Gasteiger partial charge in [0.1, 0.15) is 31.9 Å². The molecular weight excluding hydrogens is 340 g/mol. The van der Waals surface area contributed by atoms with Crippen LogP contribution in [0.2, 0.25) is 5.02 Å². The van der Waals surface area contributed by atoms with Gasteiger partial charge in [-0.2, -0.15) is 0 Å². The molecule has 0 spiro atoms. The summed E-state index contributed by atoms with van der Waals surface area (Å²) in [5.41, 5.74) is 0. The van der Waals surface area contributed by atoms with Crippen LogP contribution in [0.25, 0.3) is 0 Å². The van der Waals surface area contributed by atoms with Crippen LogP contribution in [-0.2, 0) is 0 Å². The molecule has 2 rings (SSSR count). The summed E-state index contributed by atoms with van der Waals surface area (Å²) in [5, 5.41) is 0.727. The van der Waals surface area contributed by atoms with Gasteiger partial charge in [0, 0.05) is 11.4 Å². The Labute approximate surface area is 135 Å². The van der Waals surface area contributed by atoms with E-state index in [2.05, 4.69) is 22.9 Å². The predicted octanol–water partition coefficient (Wildman–Crippen LogP) is 0.675. The van der Waals surface area contributed by atoms with Gasteiger partial charge in [-0.05, 0) is 41.1 Å². The summed E-state index contributed by atoms with van der Waals surface area (Å²) < 4.78 is 6.73. The van der Waals surface area contributed by atoms with E-state index in [9.17, 15) is 0 Å². The molecule has 20 heavy (non-hydrogen) atoms. The highest BCUT2D eigenvalue weighted by molar-refractivity contribution is 9.10. The highest BCUT2D eigenvalue weighted by Crippen LogP contribution is 2.27. The summed E-state index contributed by atoms with van der Waals surface area (Å²) in [6.07, 6.45) is 1.10. The van der Waals surface area contributed by atoms with Crippen molar-refractivity contribution in [2.75, 3.05) is 45.9 Å². The standard InChI is InChI=1S/C15H22BrClN2O/c1-2-18-7-9-19(10-8-18)6-3-11-20-15-5-4-13(17)12-14(15)16/h4-5,12H,2-3,6-11H2,1H3/p+2. The second kappa shape index (κ2) is 8.23. The maximum Gasteiger partial charge on any atom is 0.133 e. The van der Waals surface area contributed by atoms with Crippen LogP contribution in [-0.4, -0.2) is 45.9 Å². The number of halogens is 2. The maximum atomic E-state index is 5.91. The van der Waals surface area contributed by atoms with E-state index >= 15 is 0 Å². The van der Waals surface area contributed by atoms with Crippen LogP contribution in [0.4, 0.5) is 0 Å². The van der Waals surface area contributed by atoms with E-state index < -0.39 is 0 Å². The average molecular weight is 364 g/mol. The van der Waals surface area contributed by atoms with E-state index in [1.165, 1.54) is 39.3 Å². The monoisotopic (exact) mass is 362 g/mol. The largest absolute Gasteiger partial charge is 0.492 e. The van der Waals surface area contributed by atoms with E-state index in [-0.39, 0.29) is 0 Å². The van der Waals surface area contributed by atoms with Crippen LogP contribution in [0.5, 0.6) is 5.75 Å². The Morgan fingerprint density at radius 1 is 1.20 bits per heavy atom. The van der Waals surface area contributed by atoms with Crippen LogP contribution in [0, 0.1) is 0 Å². The molecule has 0 amide bonds. The Hall–Kier alpha value is -0.290. The molecule has 3 nitrogen and oxygen atoms in total. The zero-order valence-electron chi connectivity index (χ0n) is 12.1. The van der Waals surface area contributed by atoms with E-state index in [0.717, 1.165) is 28.3 Å². The minimum Gasteiger partial charge on any atom is -0.492 e. The molecule has 1 heterocycles. The number of rotatable bonds is 6. The highest BCUT2D eigenvalue weighted by atomic mass is 79.9. The number of piperazine rings is 1. The van der Waals surface area contributed by atoms with Crippen LogP contribution in [0.3, 0.4) is 0 Å². The van der Waals surface area contributed by atoms with Gasteiger partial charge in [0.2, 0.25) is 0 Å². The molecule has 1 fully saturated rings. The summed E-state index contributed by atoms with van der Waals surface area (Å²) in [5.74, 6) is 0.879. The van der Waals surface area contributed by atoms with E-state index in [4.69, 9.17) is 16.3 Å². The van der Waals surface area contributed by atoms with Crippen molar-refractivity contribution in [2.45, 2.75) is 13.3 Å². The van der Waals surface area contributed by atoms with E-state index in [1.54, 1.807) is 9.80 Å². The summed E-state index contributed by atoms with van der Waals surface area (Å²) in [6.45, 7) is 10.8. The molecule has 5 heteroatoms. The summed E-state index contributed by atoms with van der Waals surface area (Å²) in [6, 6.07) is 5.65. The molecule has 0 unspecified atom stereocenters. The number of hydrogen-bond donors (Lipinski definition) is 2. The van der Waals surface area contributed by atoms with Gasteiger partial charge in [-0.15, -0.1) is 0 Å². The van der Waals surface area contributed by atoms with Crippen LogP contribution in [0.1, 0.15) is 13.3 Å². The molecule has 0 atom stereocenters. The molecular formula is C15H24BrClN2O+2. The fourth-order valence-corrected chi connectivity index (χ4v) is 3.45. The zero-order valence-corrected chi connectivity index (χ0v) is 14.4. The molecule has 1 aromatic carbocycles. The lowest BCUT2D eigenvalue weighted by atomic mass is 10.3. The Bertz CT molecular complexity index is 422. The van der Waals surface area contributed by atoms with Crippen molar-refractivity contribution in [3.63, 3.8) is 0 Å². The molecule has 1 aliphatic heterocycles. The Balaban J connectivity index is 1.64. The van der Waals surface area contributed by atoms with Crippen molar-refractivity contribution in [3.05, 3.63) is 27.7 Å². The van der Waals surface area contributed by atoms with Gasteiger partial charge < -0.3 is 14.5 Å². The third-order valence-electron chi connectivity index (χ3n) is 3.99. The number of ether oxygens (including phenoxy) is 1. The average Bonchev–Trinajstić information content (AvgIpc) is 2.46. The van der Waals surface area contributed by atoms with Gasteiger partial charge in [-0.3, -0.25) is 0 Å². The molecule has 0 aromatic heterocycles. The number of benzene rings is 1. The molecule has 1 saturated heterocycles. The Morgan fingerprint density at radius 2 is 1.90 bits per heavy atom. The minimum atomic E-state index is 0.727. The van der Waals surface area contributed by atoms with Gasteiger partial charge in [-0.25, -0.2) is 0 Å². The molecule has 112 valence electrons. The number of quaternary nitrogens is 2. The fourth-order valence-electron chi connectivity index (χ4n) is 2.66. The highest BCUT2D eigenvalue weighted by Gasteiger charge is 2.20. The zero-order chi connectivity index (χ0) is 14.4. The maximum absolute atomic E-state index is 5.91. The number of hydrogen-bond acceptors (Lipinski definition) is 1. The number of likely N-dealkylation sites (N-methyl/N-ethyl adjacent to an activating group) is 1. The second-order valence-corrected chi connectivity index (χ2v) is 6.67. The SMILES string of the molecule is CC[NH+]1CC[NH+](CCCOc2ccc(Cl)cc2Br)CC1. The normalized spacial score (nSPS) is 22.8. The molecule has 2 N–H and O–H groups in total. The second-order valence-electron chi connectivity index (χ2n) is 5.38. The van der Waals surface area contributed by atoms with Gasteiger partial charge in [0.05, 0.1) is 24.2 Å². The smallest absolute Gasteiger partial charge is 0.133 e. The third-order valence-corrected chi connectivity index (χ3v) is 4.85. The first kappa shape index (κ1) is 16.1.